The molecule has 4 nitrogen and oxygen atoms in total. The second-order valence-electron chi connectivity index (χ2n) is 7.63. The van der Waals surface area contributed by atoms with Crippen molar-refractivity contribution in [3.05, 3.63) is 35.9 Å². The SMILES string of the molecule is CC(=O)[C@@H]1CC[C@]2(COCc3ccccc3)C[C@@H]3O[C@]12CCC3=O. The number of ketones is 2. The van der Waals surface area contributed by atoms with Gasteiger partial charge in [0.15, 0.2) is 5.78 Å². The van der Waals surface area contributed by atoms with Gasteiger partial charge in [-0.15, -0.1) is 0 Å². The molecule has 2 saturated heterocycles. The summed E-state index contributed by atoms with van der Waals surface area (Å²) in [6.07, 6.45) is 3.35. The minimum absolute atomic E-state index is 0.0871. The predicted molar refractivity (Wildman–Crippen MR) is 88.4 cm³/mol. The molecule has 24 heavy (non-hydrogen) atoms. The summed E-state index contributed by atoms with van der Waals surface area (Å²) in [5, 5.41) is 0. The minimum atomic E-state index is -0.478. The lowest BCUT2D eigenvalue weighted by Crippen LogP contribution is -2.51. The molecule has 2 heterocycles. The van der Waals surface area contributed by atoms with E-state index in [4.69, 9.17) is 9.47 Å². The van der Waals surface area contributed by atoms with E-state index in [9.17, 15) is 9.59 Å². The van der Waals surface area contributed by atoms with Crippen LogP contribution in [0.2, 0.25) is 0 Å². The molecule has 4 atom stereocenters. The molecular weight excluding hydrogens is 304 g/mol. The zero-order valence-corrected chi connectivity index (χ0v) is 14.1. The number of rotatable bonds is 5. The van der Waals surface area contributed by atoms with Crippen LogP contribution in [0.25, 0.3) is 0 Å². The molecule has 1 aromatic carbocycles. The van der Waals surface area contributed by atoms with Crippen LogP contribution >= 0.6 is 0 Å². The topological polar surface area (TPSA) is 52.6 Å². The predicted octanol–water partition coefficient (Wildman–Crippen LogP) is 3.08. The first-order valence-corrected chi connectivity index (χ1v) is 8.89. The highest BCUT2D eigenvalue weighted by Crippen LogP contribution is 2.64. The van der Waals surface area contributed by atoms with Crippen LogP contribution in [0, 0.1) is 11.3 Å². The molecule has 1 aliphatic carbocycles. The molecule has 128 valence electrons. The van der Waals surface area contributed by atoms with Gasteiger partial charge in [0.05, 0.1) is 18.8 Å². The summed E-state index contributed by atoms with van der Waals surface area (Å²) in [7, 11) is 0. The van der Waals surface area contributed by atoms with Crippen molar-refractivity contribution < 1.29 is 19.1 Å². The van der Waals surface area contributed by atoms with E-state index >= 15 is 0 Å². The third-order valence-corrected chi connectivity index (χ3v) is 6.38. The number of hydrogen-bond donors (Lipinski definition) is 0. The van der Waals surface area contributed by atoms with Gasteiger partial charge in [-0.05, 0) is 38.2 Å². The summed E-state index contributed by atoms with van der Waals surface area (Å²) in [5.74, 6) is 0.297. The van der Waals surface area contributed by atoms with Crippen molar-refractivity contribution in [3.63, 3.8) is 0 Å². The van der Waals surface area contributed by atoms with Gasteiger partial charge in [-0.1, -0.05) is 30.3 Å². The molecule has 3 fully saturated rings. The Morgan fingerprint density at radius 1 is 1.29 bits per heavy atom. The van der Waals surface area contributed by atoms with Gasteiger partial charge in [0.1, 0.15) is 11.9 Å². The molecule has 0 N–H and O–H groups in total. The zero-order valence-electron chi connectivity index (χ0n) is 14.1. The van der Waals surface area contributed by atoms with Crippen LogP contribution in [-0.2, 0) is 25.7 Å². The van der Waals surface area contributed by atoms with E-state index in [2.05, 4.69) is 0 Å². The van der Waals surface area contributed by atoms with Crippen molar-refractivity contribution in [1.82, 2.24) is 0 Å². The summed E-state index contributed by atoms with van der Waals surface area (Å²) >= 11 is 0. The third-order valence-electron chi connectivity index (χ3n) is 6.38. The quantitative estimate of drug-likeness (QED) is 0.833. The number of Topliss-reactive ketones (excluding diaryl/α,β-unsaturated/α-hetero) is 2. The summed E-state index contributed by atoms with van der Waals surface area (Å²) in [6.45, 7) is 2.78. The first-order valence-electron chi connectivity index (χ1n) is 8.89. The van der Waals surface area contributed by atoms with Gasteiger partial charge in [-0.3, -0.25) is 9.59 Å². The van der Waals surface area contributed by atoms with Crippen LogP contribution in [0.4, 0.5) is 0 Å². The Hall–Kier alpha value is -1.52. The number of ether oxygens (including phenoxy) is 2. The number of fused-ring (bicyclic) bond motifs is 1. The highest BCUT2D eigenvalue weighted by molar-refractivity contribution is 5.86. The molecule has 1 spiro atoms. The van der Waals surface area contributed by atoms with Crippen molar-refractivity contribution in [2.24, 2.45) is 11.3 Å². The molecule has 0 aromatic heterocycles. The molecule has 3 aliphatic rings. The average molecular weight is 328 g/mol. The van der Waals surface area contributed by atoms with Crippen molar-refractivity contribution in [2.45, 2.75) is 57.3 Å². The van der Waals surface area contributed by atoms with Crippen LogP contribution in [0.3, 0.4) is 0 Å². The van der Waals surface area contributed by atoms with Crippen molar-refractivity contribution >= 4 is 11.6 Å². The standard InChI is InChI=1S/C20H24O4/c1-14(21)16-7-9-19(13-23-12-15-5-3-2-4-6-15)11-18-17(22)8-10-20(16,19)24-18/h2-6,16,18H,7-13H2,1H3/t16-,18-,19+,20+/m0/s1. The summed E-state index contributed by atoms with van der Waals surface area (Å²) in [6, 6.07) is 10.1. The Bertz CT molecular complexity index is 655. The fraction of sp³-hybridized carbons (Fsp3) is 0.600. The molecule has 0 unspecified atom stereocenters. The minimum Gasteiger partial charge on any atom is -0.376 e. The average Bonchev–Trinajstić information content (AvgIpc) is 3.00. The molecule has 1 saturated carbocycles. The fourth-order valence-electron chi connectivity index (χ4n) is 5.24. The lowest BCUT2D eigenvalue weighted by molar-refractivity contribution is -0.168. The van der Waals surface area contributed by atoms with E-state index in [-0.39, 0.29) is 29.0 Å². The molecule has 2 aliphatic heterocycles. The van der Waals surface area contributed by atoms with E-state index < -0.39 is 5.60 Å². The monoisotopic (exact) mass is 328 g/mol. The molecule has 2 bridgehead atoms. The molecular formula is C20H24O4. The van der Waals surface area contributed by atoms with Gasteiger partial charge in [0, 0.05) is 17.8 Å². The summed E-state index contributed by atoms with van der Waals surface area (Å²) < 4.78 is 12.3. The van der Waals surface area contributed by atoms with Gasteiger partial charge in [0.2, 0.25) is 0 Å². The van der Waals surface area contributed by atoms with Gasteiger partial charge < -0.3 is 9.47 Å². The molecule has 4 heteroatoms. The fourth-order valence-corrected chi connectivity index (χ4v) is 5.24. The van der Waals surface area contributed by atoms with Crippen LogP contribution in [0.1, 0.15) is 44.6 Å². The van der Waals surface area contributed by atoms with Gasteiger partial charge in [0.25, 0.3) is 0 Å². The number of hydrogen-bond acceptors (Lipinski definition) is 4. The number of benzene rings is 1. The van der Waals surface area contributed by atoms with E-state index in [1.807, 2.05) is 30.3 Å². The van der Waals surface area contributed by atoms with E-state index in [0.29, 0.717) is 32.5 Å². The maximum atomic E-state index is 12.2. The van der Waals surface area contributed by atoms with Gasteiger partial charge >= 0.3 is 0 Å². The zero-order chi connectivity index (χ0) is 16.8. The Kier molecular flexibility index (Phi) is 3.85. The first-order chi connectivity index (χ1) is 11.6. The Labute approximate surface area is 142 Å². The molecule has 0 radical (unpaired) electrons. The largest absolute Gasteiger partial charge is 0.376 e. The van der Waals surface area contributed by atoms with E-state index in [1.54, 1.807) is 6.92 Å². The van der Waals surface area contributed by atoms with Crippen LogP contribution in [-0.4, -0.2) is 29.9 Å². The second-order valence-corrected chi connectivity index (χ2v) is 7.63. The second kappa shape index (κ2) is 5.78. The smallest absolute Gasteiger partial charge is 0.161 e. The van der Waals surface area contributed by atoms with Crippen LogP contribution in [0.5, 0.6) is 0 Å². The Morgan fingerprint density at radius 2 is 2.08 bits per heavy atom. The van der Waals surface area contributed by atoms with Crippen molar-refractivity contribution in [1.29, 1.82) is 0 Å². The summed E-state index contributed by atoms with van der Waals surface area (Å²) in [4.78, 5) is 24.3. The maximum absolute atomic E-state index is 12.2. The van der Waals surface area contributed by atoms with Gasteiger partial charge in [-0.25, -0.2) is 0 Å². The van der Waals surface area contributed by atoms with E-state index in [0.717, 1.165) is 18.4 Å². The molecule has 0 amide bonds. The Morgan fingerprint density at radius 3 is 2.83 bits per heavy atom. The van der Waals surface area contributed by atoms with Crippen molar-refractivity contribution in [3.8, 4) is 0 Å². The van der Waals surface area contributed by atoms with Crippen LogP contribution < -0.4 is 0 Å². The van der Waals surface area contributed by atoms with Crippen LogP contribution in [0.15, 0.2) is 30.3 Å². The number of carbonyl (C=O) groups is 2. The highest BCUT2D eigenvalue weighted by Gasteiger charge is 2.69. The Balaban J connectivity index is 1.55. The first kappa shape index (κ1) is 16.0. The lowest BCUT2D eigenvalue weighted by Gasteiger charge is -2.43. The highest BCUT2D eigenvalue weighted by atomic mass is 16.5. The van der Waals surface area contributed by atoms with Crippen molar-refractivity contribution in [2.75, 3.05) is 6.61 Å². The van der Waals surface area contributed by atoms with Gasteiger partial charge in [-0.2, -0.15) is 0 Å². The van der Waals surface area contributed by atoms with E-state index in [1.165, 1.54) is 0 Å². The summed E-state index contributed by atoms with van der Waals surface area (Å²) in [5.41, 5.74) is 0.477. The third kappa shape index (κ3) is 2.27. The molecule has 4 rings (SSSR count). The number of carbonyl (C=O) groups excluding carboxylic acids is 2. The normalized spacial score (nSPS) is 37.5. The lowest BCUT2D eigenvalue weighted by atomic mass is 9.69. The molecule has 1 aromatic rings. The maximum Gasteiger partial charge on any atom is 0.161 e.